The number of benzene rings is 1. The standard InChI is InChI=1S/C17H24N2O/c1-17(2)9-8-12(11-17)19-16(20)14-5-3-7-15-13(14)6-4-10-18-15/h3,5,7,12,18H,4,6,8-11H2,1-2H3,(H,19,20). The number of nitrogens with one attached hydrogen (secondary N) is 2. The lowest BCUT2D eigenvalue weighted by molar-refractivity contribution is 0.0935. The highest BCUT2D eigenvalue weighted by atomic mass is 16.1. The number of amides is 1. The zero-order chi connectivity index (χ0) is 14.2. The van der Waals surface area contributed by atoms with Crippen LogP contribution in [0.4, 0.5) is 5.69 Å². The van der Waals surface area contributed by atoms with Gasteiger partial charge >= 0.3 is 0 Å². The molecule has 20 heavy (non-hydrogen) atoms. The number of anilines is 1. The van der Waals surface area contributed by atoms with E-state index in [9.17, 15) is 4.79 Å². The SMILES string of the molecule is CC1(C)CCC(NC(=O)c2cccc3c2CCCN3)C1. The molecule has 1 fully saturated rings. The van der Waals surface area contributed by atoms with Gasteiger partial charge in [0.05, 0.1) is 0 Å². The Bertz CT molecular complexity index is 522. The van der Waals surface area contributed by atoms with Gasteiger partial charge in [0.25, 0.3) is 5.91 Å². The van der Waals surface area contributed by atoms with E-state index in [1.165, 1.54) is 12.0 Å². The fourth-order valence-corrected chi connectivity index (χ4v) is 3.55. The van der Waals surface area contributed by atoms with Crippen LogP contribution in [0.25, 0.3) is 0 Å². The minimum Gasteiger partial charge on any atom is -0.385 e. The normalized spacial score (nSPS) is 23.8. The fourth-order valence-electron chi connectivity index (χ4n) is 3.55. The van der Waals surface area contributed by atoms with E-state index in [0.29, 0.717) is 11.5 Å². The van der Waals surface area contributed by atoms with Crippen LogP contribution in [-0.2, 0) is 6.42 Å². The van der Waals surface area contributed by atoms with Crippen molar-refractivity contribution in [2.75, 3.05) is 11.9 Å². The molecule has 0 aromatic heterocycles. The molecule has 2 aliphatic rings. The Morgan fingerprint density at radius 2 is 2.25 bits per heavy atom. The monoisotopic (exact) mass is 272 g/mol. The summed E-state index contributed by atoms with van der Waals surface area (Å²) in [4.78, 5) is 12.5. The Hall–Kier alpha value is -1.51. The Balaban J connectivity index is 1.75. The van der Waals surface area contributed by atoms with Crippen LogP contribution in [-0.4, -0.2) is 18.5 Å². The summed E-state index contributed by atoms with van der Waals surface area (Å²) < 4.78 is 0. The van der Waals surface area contributed by atoms with Crippen LogP contribution in [0, 0.1) is 5.41 Å². The molecule has 3 nitrogen and oxygen atoms in total. The second-order valence-corrected chi connectivity index (χ2v) is 6.94. The Morgan fingerprint density at radius 3 is 3.00 bits per heavy atom. The smallest absolute Gasteiger partial charge is 0.251 e. The van der Waals surface area contributed by atoms with E-state index in [2.05, 4.69) is 30.5 Å². The molecule has 1 unspecified atom stereocenters. The van der Waals surface area contributed by atoms with Crippen LogP contribution in [0.3, 0.4) is 0 Å². The highest BCUT2D eigenvalue weighted by Gasteiger charge is 2.32. The summed E-state index contributed by atoms with van der Waals surface area (Å²) in [6, 6.07) is 6.35. The van der Waals surface area contributed by atoms with Gasteiger partial charge in [-0.2, -0.15) is 0 Å². The van der Waals surface area contributed by atoms with Crippen molar-refractivity contribution in [2.45, 2.75) is 52.0 Å². The molecule has 0 bridgehead atoms. The van der Waals surface area contributed by atoms with Crippen molar-refractivity contribution in [3.8, 4) is 0 Å². The van der Waals surface area contributed by atoms with Crippen LogP contribution >= 0.6 is 0 Å². The molecule has 1 heterocycles. The number of hydrogen-bond donors (Lipinski definition) is 2. The van der Waals surface area contributed by atoms with Gasteiger partial charge in [-0.1, -0.05) is 19.9 Å². The van der Waals surface area contributed by atoms with E-state index in [-0.39, 0.29) is 5.91 Å². The zero-order valence-electron chi connectivity index (χ0n) is 12.5. The van der Waals surface area contributed by atoms with Crippen LogP contribution in [0.1, 0.15) is 55.5 Å². The molecule has 1 amide bonds. The highest BCUT2D eigenvalue weighted by molar-refractivity contribution is 5.97. The van der Waals surface area contributed by atoms with Gasteiger partial charge in [0.15, 0.2) is 0 Å². The lowest BCUT2D eigenvalue weighted by Crippen LogP contribution is -2.34. The predicted molar refractivity (Wildman–Crippen MR) is 82.1 cm³/mol. The third-order valence-electron chi connectivity index (χ3n) is 4.64. The minimum absolute atomic E-state index is 0.105. The van der Waals surface area contributed by atoms with E-state index >= 15 is 0 Å². The van der Waals surface area contributed by atoms with Gasteiger partial charge < -0.3 is 10.6 Å². The Kier molecular flexibility index (Phi) is 3.45. The van der Waals surface area contributed by atoms with Gasteiger partial charge in [-0.15, -0.1) is 0 Å². The van der Waals surface area contributed by atoms with Crippen molar-refractivity contribution in [1.29, 1.82) is 0 Å². The van der Waals surface area contributed by atoms with Crippen molar-refractivity contribution >= 4 is 11.6 Å². The zero-order valence-corrected chi connectivity index (χ0v) is 12.5. The van der Waals surface area contributed by atoms with Crippen LogP contribution in [0.2, 0.25) is 0 Å². The van der Waals surface area contributed by atoms with E-state index in [4.69, 9.17) is 0 Å². The maximum Gasteiger partial charge on any atom is 0.251 e. The predicted octanol–water partition coefficient (Wildman–Crippen LogP) is 3.35. The van der Waals surface area contributed by atoms with Crippen molar-refractivity contribution in [1.82, 2.24) is 5.32 Å². The number of carbonyl (C=O) groups excluding carboxylic acids is 1. The summed E-state index contributed by atoms with van der Waals surface area (Å²) in [6.07, 6.45) is 5.50. The average Bonchev–Trinajstić information content (AvgIpc) is 2.77. The van der Waals surface area contributed by atoms with Crippen molar-refractivity contribution in [3.05, 3.63) is 29.3 Å². The first-order chi connectivity index (χ1) is 9.55. The van der Waals surface area contributed by atoms with Gasteiger partial charge in [0, 0.05) is 23.8 Å². The fraction of sp³-hybridized carbons (Fsp3) is 0.588. The first kappa shape index (κ1) is 13.5. The van der Waals surface area contributed by atoms with E-state index < -0.39 is 0 Å². The first-order valence-electron chi connectivity index (χ1n) is 7.72. The van der Waals surface area contributed by atoms with E-state index in [1.807, 2.05) is 12.1 Å². The Labute approximate surface area is 121 Å². The van der Waals surface area contributed by atoms with Crippen molar-refractivity contribution in [3.63, 3.8) is 0 Å². The van der Waals surface area contributed by atoms with Crippen LogP contribution < -0.4 is 10.6 Å². The summed E-state index contributed by atoms with van der Waals surface area (Å²) in [5, 5.41) is 6.62. The molecule has 0 spiro atoms. The lowest BCUT2D eigenvalue weighted by atomic mass is 9.91. The lowest BCUT2D eigenvalue weighted by Gasteiger charge is -2.22. The first-order valence-corrected chi connectivity index (χ1v) is 7.72. The van der Waals surface area contributed by atoms with Crippen molar-refractivity contribution < 1.29 is 4.79 Å². The van der Waals surface area contributed by atoms with Gasteiger partial charge in [0.1, 0.15) is 0 Å². The second-order valence-electron chi connectivity index (χ2n) is 6.94. The molecule has 2 N–H and O–H groups in total. The third-order valence-corrected chi connectivity index (χ3v) is 4.64. The molecule has 3 heteroatoms. The largest absolute Gasteiger partial charge is 0.385 e. The summed E-state index contributed by atoms with van der Waals surface area (Å²) >= 11 is 0. The molecular weight excluding hydrogens is 248 g/mol. The molecule has 1 atom stereocenters. The molecule has 1 aliphatic carbocycles. The molecule has 3 rings (SSSR count). The van der Waals surface area contributed by atoms with Crippen LogP contribution in [0.5, 0.6) is 0 Å². The quantitative estimate of drug-likeness (QED) is 0.867. The number of fused-ring (bicyclic) bond motifs is 1. The molecular formula is C17H24N2O. The Morgan fingerprint density at radius 1 is 1.40 bits per heavy atom. The average molecular weight is 272 g/mol. The maximum absolute atomic E-state index is 12.5. The summed E-state index contributed by atoms with van der Waals surface area (Å²) in [6.45, 7) is 5.58. The maximum atomic E-state index is 12.5. The van der Waals surface area contributed by atoms with Crippen LogP contribution in [0.15, 0.2) is 18.2 Å². The number of carbonyl (C=O) groups is 1. The van der Waals surface area contributed by atoms with Crippen molar-refractivity contribution in [2.24, 2.45) is 5.41 Å². The summed E-state index contributed by atoms with van der Waals surface area (Å²) in [7, 11) is 0. The third kappa shape index (κ3) is 2.67. The topological polar surface area (TPSA) is 41.1 Å². The number of hydrogen-bond acceptors (Lipinski definition) is 2. The molecule has 1 aromatic rings. The molecule has 108 valence electrons. The van der Waals surface area contributed by atoms with Gasteiger partial charge in [-0.25, -0.2) is 0 Å². The highest BCUT2D eigenvalue weighted by Crippen LogP contribution is 2.37. The summed E-state index contributed by atoms with van der Waals surface area (Å²) in [5.74, 6) is 0.105. The summed E-state index contributed by atoms with van der Waals surface area (Å²) in [5.41, 5.74) is 3.55. The minimum atomic E-state index is 0.105. The van der Waals surface area contributed by atoms with E-state index in [1.54, 1.807) is 0 Å². The van der Waals surface area contributed by atoms with Gasteiger partial charge in [-0.3, -0.25) is 4.79 Å². The molecule has 0 radical (unpaired) electrons. The molecule has 0 saturated heterocycles. The molecule has 1 saturated carbocycles. The van der Waals surface area contributed by atoms with E-state index in [0.717, 1.165) is 43.5 Å². The van der Waals surface area contributed by atoms with Gasteiger partial charge in [-0.05, 0) is 55.2 Å². The number of rotatable bonds is 2. The van der Waals surface area contributed by atoms with Gasteiger partial charge in [0.2, 0.25) is 0 Å². The molecule has 1 aromatic carbocycles. The second kappa shape index (κ2) is 5.12. The molecule has 1 aliphatic heterocycles.